The van der Waals surface area contributed by atoms with Crippen molar-refractivity contribution in [3.63, 3.8) is 0 Å². The van der Waals surface area contributed by atoms with E-state index in [-0.39, 0.29) is 29.8 Å². The molecule has 1 atom stereocenters. The van der Waals surface area contributed by atoms with Gasteiger partial charge in [-0.05, 0) is 58.0 Å². The van der Waals surface area contributed by atoms with Crippen LogP contribution in [0.2, 0.25) is 0 Å². The maximum atomic E-state index is 14.6. The maximum Gasteiger partial charge on any atom is 0.407 e. The lowest BCUT2D eigenvalue weighted by Crippen LogP contribution is -2.41. The summed E-state index contributed by atoms with van der Waals surface area (Å²) in [5.74, 6) is -1.57. The van der Waals surface area contributed by atoms with Gasteiger partial charge in [0, 0.05) is 29.9 Å². The van der Waals surface area contributed by atoms with Crippen LogP contribution in [0, 0.1) is 5.82 Å². The average Bonchev–Trinajstić information content (AvgIpc) is 2.72. The summed E-state index contributed by atoms with van der Waals surface area (Å²) < 4.78 is 19.8. The van der Waals surface area contributed by atoms with Gasteiger partial charge in [-0.25, -0.2) is 14.2 Å². The summed E-state index contributed by atoms with van der Waals surface area (Å²) in [5, 5.41) is 9.41. The molecule has 9 nitrogen and oxygen atoms in total. The first-order valence-corrected chi connectivity index (χ1v) is 10.4. The number of halogens is 1. The van der Waals surface area contributed by atoms with E-state index in [0.717, 1.165) is 17.0 Å². The van der Waals surface area contributed by atoms with Crippen molar-refractivity contribution in [1.82, 2.24) is 15.3 Å². The van der Waals surface area contributed by atoms with Crippen LogP contribution in [0.4, 0.5) is 26.5 Å². The molecule has 0 saturated carbocycles. The van der Waals surface area contributed by atoms with E-state index in [9.17, 15) is 14.0 Å². The van der Waals surface area contributed by atoms with Crippen molar-refractivity contribution in [2.45, 2.75) is 39.3 Å². The van der Waals surface area contributed by atoms with Crippen LogP contribution in [0.25, 0.3) is 10.9 Å². The second-order valence-electron chi connectivity index (χ2n) is 8.54. The molecule has 0 radical (unpaired) electrons. The topological polar surface area (TPSA) is 131 Å². The third-order valence-corrected chi connectivity index (χ3v) is 4.45. The minimum absolute atomic E-state index is 0.0933. The monoisotopic (exact) mass is 454 g/mol. The second-order valence-corrected chi connectivity index (χ2v) is 8.54. The van der Waals surface area contributed by atoms with Gasteiger partial charge in [-0.3, -0.25) is 9.78 Å². The average molecular weight is 455 g/mol. The molecule has 2 aromatic heterocycles. The number of nitrogens with one attached hydrogen (secondary N) is 3. The van der Waals surface area contributed by atoms with Crippen molar-refractivity contribution in [1.29, 1.82) is 0 Å². The molecule has 0 spiro atoms. The van der Waals surface area contributed by atoms with E-state index in [4.69, 9.17) is 10.5 Å². The van der Waals surface area contributed by atoms with Crippen molar-refractivity contribution in [2.75, 3.05) is 17.2 Å². The highest BCUT2D eigenvalue weighted by Gasteiger charge is 2.19. The number of carbonyl (C=O) groups is 2. The number of ether oxygens (including phenoxy) is 1. The minimum atomic E-state index is -0.821. The van der Waals surface area contributed by atoms with Gasteiger partial charge in [-0.2, -0.15) is 0 Å². The van der Waals surface area contributed by atoms with Crippen molar-refractivity contribution < 1.29 is 18.7 Å². The lowest BCUT2D eigenvalue weighted by molar-refractivity contribution is 0.0511. The summed E-state index contributed by atoms with van der Waals surface area (Å²) in [6.45, 7) is 7.18. The van der Waals surface area contributed by atoms with Gasteiger partial charge in [0.1, 0.15) is 11.4 Å². The lowest BCUT2D eigenvalue weighted by Gasteiger charge is -2.22. The second kappa shape index (κ2) is 9.68. The van der Waals surface area contributed by atoms with Crippen LogP contribution >= 0.6 is 0 Å². The first kappa shape index (κ1) is 23.7. The summed E-state index contributed by atoms with van der Waals surface area (Å²) in [6, 6.07) is 9.76. The molecule has 1 aromatic carbocycles. The van der Waals surface area contributed by atoms with E-state index in [1.165, 1.54) is 0 Å². The fourth-order valence-electron chi connectivity index (χ4n) is 3.00. The van der Waals surface area contributed by atoms with E-state index in [1.807, 2.05) is 24.3 Å². The Kier molecular flexibility index (Phi) is 6.95. The molecule has 0 aliphatic heterocycles. The largest absolute Gasteiger partial charge is 0.444 e. The molecule has 0 saturated heterocycles. The highest BCUT2D eigenvalue weighted by molar-refractivity contribution is 5.99. The number of pyridine rings is 2. The number of benzene rings is 1. The van der Waals surface area contributed by atoms with Crippen LogP contribution in [0.3, 0.4) is 0 Å². The first-order chi connectivity index (χ1) is 15.5. The molecule has 3 aromatic rings. The fourth-order valence-corrected chi connectivity index (χ4v) is 3.00. The van der Waals surface area contributed by atoms with Crippen molar-refractivity contribution in [3.8, 4) is 0 Å². The van der Waals surface area contributed by atoms with E-state index in [2.05, 4.69) is 25.9 Å². The molecule has 2 heterocycles. The zero-order chi connectivity index (χ0) is 24.2. The van der Waals surface area contributed by atoms with Crippen LogP contribution in [0.1, 0.15) is 38.1 Å². The number of anilines is 3. The Hall–Kier alpha value is -3.95. The Morgan fingerprint density at radius 1 is 1.18 bits per heavy atom. The molecule has 0 bridgehead atoms. The van der Waals surface area contributed by atoms with Crippen LogP contribution < -0.4 is 21.7 Å². The van der Waals surface area contributed by atoms with Gasteiger partial charge in [0.2, 0.25) is 0 Å². The highest BCUT2D eigenvalue weighted by Crippen LogP contribution is 2.25. The van der Waals surface area contributed by atoms with Gasteiger partial charge >= 0.3 is 6.09 Å². The third kappa shape index (κ3) is 6.52. The quantitative estimate of drug-likeness (QED) is 0.425. The molecule has 0 unspecified atom stereocenters. The van der Waals surface area contributed by atoms with Gasteiger partial charge in [0.25, 0.3) is 5.91 Å². The summed E-state index contributed by atoms with van der Waals surface area (Å²) in [7, 11) is 0. The Morgan fingerprint density at radius 3 is 2.64 bits per heavy atom. The predicted molar refractivity (Wildman–Crippen MR) is 125 cm³/mol. The van der Waals surface area contributed by atoms with Gasteiger partial charge in [0.15, 0.2) is 11.6 Å². The van der Waals surface area contributed by atoms with Gasteiger partial charge < -0.3 is 26.4 Å². The van der Waals surface area contributed by atoms with Crippen LogP contribution in [0.15, 0.2) is 42.6 Å². The lowest BCUT2D eigenvalue weighted by atomic mass is 10.2. The van der Waals surface area contributed by atoms with Gasteiger partial charge in [-0.15, -0.1) is 0 Å². The van der Waals surface area contributed by atoms with Crippen LogP contribution in [0.5, 0.6) is 0 Å². The van der Waals surface area contributed by atoms with Crippen molar-refractivity contribution in [3.05, 3.63) is 54.0 Å². The highest BCUT2D eigenvalue weighted by atomic mass is 19.1. The standard InChI is InChI=1S/C23H27FN6O3/c1-13(28-22(32)33-23(2,3)4)12-27-21-17(24)11-16(19(25)31)20(30-21)29-15-7-8-18-14(10-15)6-5-9-26-18/h5-11,13H,12H2,1-4H3,(H2,25,31)(H,28,32)(H2,27,29,30)/t13-/m0/s1. The van der Waals surface area contributed by atoms with Crippen LogP contribution in [-0.2, 0) is 4.74 Å². The number of fused-ring (bicyclic) bond motifs is 1. The number of hydrogen-bond donors (Lipinski definition) is 4. The third-order valence-electron chi connectivity index (χ3n) is 4.45. The predicted octanol–water partition coefficient (Wildman–Crippen LogP) is 3.94. The molecule has 5 N–H and O–H groups in total. The number of hydrogen-bond acceptors (Lipinski definition) is 7. The molecule has 3 rings (SSSR count). The number of amides is 2. The van der Waals surface area contributed by atoms with Crippen molar-refractivity contribution >= 4 is 40.2 Å². The summed E-state index contributed by atoms with van der Waals surface area (Å²) in [5.41, 5.74) is 6.14. The molecule has 0 fully saturated rings. The summed E-state index contributed by atoms with van der Waals surface area (Å²) in [6.07, 6.45) is 1.11. The number of nitrogens with two attached hydrogens (primary N) is 1. The molecule has 2 amide bonds. The molecular weight excluding hydrogens is 427 g/mol. The summed E-state index contributed by atoms with van der Waals surface area (Å²) in [4.78, 5) is 32.3. The van der Waals surface area contributed by atoms with Gasteiger partial charge in [0.05, 0.1) is 11.1 Å². The molecule has 33 heavy (non-hydrogen) atoms. The number of aromatic nitrogens is 2. The van der Waals surface area contributed by atoms with E-state index in [0.29, 0.717) is 5.69 Å². The Labute approximate surface area is 190 Å². The van der Waals surface area contributed by atoms with Crippen molar-refractivity contribution in [2.24, 2.45) is 5.73 Å². The number of carbonyl (C=O) groups excluding carboxylic acids is 2. The normalized spacial score (nSPS) is 12.2. The maximum absolute atomic E-state index is 14.6. The number of alkyl carbamates (subject to hydrolysis) is 1. The minimum Gasteiger partial charge on any atom is -0.444 e. The Bertz CT molecular complexity index is 1180. The Morgan fingerprint density at radius 2 is 1.94 bits per heavy atom. The SMILES string of the molecule is C[C@@H](CNc1nc(Nc2ccc3ncccc3c2)c(C(N)=O)cc1F)NC(=O)OC(C)(C)C. The Balaban J connectivity index is 1.77. The molecule has 0 aliphatic rings. The number of nitrogens with zero attached hydrogens (tertiary/aromatic N) is 2. The molecule has 0 aliphatic carbocycles. The smallest absolute Gasteiger partial charge is 0.407 e. The molecular formula is C23H27FN6O3. The van der Waals surface area contributed by atoms with Crippen LogP contribution in [-0.4, -0.2) is 40.2 Å². The zero-order valence-corrected chi connectivity index (χ0v) is 18.9. The first-order valence-electron chi connectivity index (χ1n) is 10.4. The number of rotatable bonds is 7. The molecule has 10 heteroatoms. The summed E-state index contributed by atoms with van der Waals surface area (Å²) >= 11 is 0. The zero-order valence-electron chi connectivity index (χ0n) is 18.9. The van der Waals surface area contributed by atoms with E-state index in [1.54, 1.807) is 40.0 Å². The number of primary amides is 1. The van der Waals surface area contributed by atoms with E-state index < -0.39 is 23.4 Å². The van der Waals surface area contributed by atoms with Gasteiger partial charge in [-0.1, -0.05) is 6.07 Å². The van der Waals surface area contributed by atoms with E-state index >= 15 is 0 Å². The molecule has 174 valence electrons. The fraction of sp³-hybridized carbons (Fsp3) is 0.304.